The third-order valence-electron chi connectivity index (χ3n) is 3.47. The Morgan fingerprint density at radius 3 is 2.06 bits per heavy atom. The lowest BCUT2D eigenvalue weighted by Crippen LogP contribution is -2.26. The summed E-state index contributed by atoms with van der Waals surface area (Å²) in [6.45, 7) is 0. The fraction of sp³-hybridized carbons (Fsp3) is 0.538. The van der Waals surface area contributed by atoms with Gasteiger partial charge in [-0.15, -0.1) is 0 Å². The van der Waals surface area contributed by atoms with Gasteiger partial charge >= 0.3 is 0 Å². The van der Waals surface area contributed by atoms with Crippen LogP contribution in [0.15, 0.2) is 12.1 Å². The van der Waals surface area contributed by atoms with Gasteiger partial charge in [-0.2, -0.15) is 0 Å². The molecule has 0 heterocycles. The molecule has 0 bridgehead atoms. The lowest BCUT2D eigenvalue weighted by atomic mass is 9.86. The van der Waals surface area contributed by atoms with Crippen molar-refractivity contribution in [2.24, 2.45) is 0 Å². The van der Waals surface area contributed by atoms with Gasteiger partial charge < -0.3 is 5.11 Å². The normalized spacial score (nSPS) is 20.0. The maximum atomic E-state index is 13.6. The SMILES string of the molecule is OC1(c2ccc(F)c(F)c2F)CCCCCC1. The Balaban J connectivity index is 2.41. The second-order valence-electron chi connectivity index (χ2n) is 4.67. The van der Waals surface area contributed by atoms with Crippen LogP contribution in [-0.2, 0) is 5.60 Å². The summed E-state index contributed by atoms with van der Waals surface area (Å²) in [5, 5.41) is 10.4. The van der Waals surface area contributed by atoms with Crippen molar-refractivity contribution in [2.75, 3.05) is 0 Å². The first kappa shape index (κ1) is 12.4. The predicted molar refractivity (Wildman–Crippen MR) is 57.9 cm³/mol. The molecule has 1 aromatic rings. The van der Waals surface area contributed by atoms with E-state index in [-0.39, 0.29) is 5.56 Å². The lowest BCUT2D eigenvalue weighted by Gasteiger charge is -2.27. The molecule has 1 aliphatic rings. The fourth-order valence-electron chi connectivity index (χ4n) is 2.47. The molecule has 1 saturated carbocycles. The third kappa shape index (κ3) is 2.32. The smallest absolute Gasteiger partial charge is 0.194 e. The molecule has 4 heteroatoms. The van der Waals surface area contributed by atoms with Gasteiger partial charge in [-0.05, 0) is 18.9 Å². The minimum atomic E-state index is -1.50. The number of hydrogen-bond acceptors (Lipinski definition) is 1. The third-order valence-corrected chi connectivity index (χ3v) is 3.47. The number of aliphatic hydroxyl groups is 1. The van der Waals surface area contributed by atoms with Crippen molar-refractivity contribution in [3.63, 3.8) is 0 Å². The largest absolute Gasteiger partial charge is 0.385 e. The Morgan fingerprint density at radius 2 is 1.47 bits per heavy atom. The first-order valence-corrected chi connectivity index (χ1v) is 5.91. The molecule has 1 N–H and O–H groups in total. The van der Waals surface area contributed by atoms with Crippen LogP contribution in [0.5, 0.6) is 0 Å². The molecular weight excluding hydrogens is 229 g/mol. The van der Waals surface area contributed by atoms with Gasteiger partial charge in [0.1, 0.15) is 0 Å². The van der Waals surface area contributed by atoms with Crippen LogP contribution < -0.4 is 0 Å². The van der Waals surface area contributed by atoms with E-state index in [4.69, 9.17) is 0 Å². The maximum Gasteiger partial charge on any atom is 0.194 e. The quantitative estimate of drug-likeness (QED) is 0.590. The summed E-state index contributed by atoms with van der Waals surface area (Å²) in [5.41, 5.74) is -1.46. The molecule has 1 fully saturated rings. The fourth-order valence-corrected chi connectivity index (χ4v) is 2.47. The van der Waals surface area contributed by atoms with Crippen molar-refractivity contribution in [1.82, 2.24) is 0 Å². The van der Waals surface area contributed by atoms with E-state index < -0.39 is 23.1 Å². The molecule has 0 amide bonds. The van der Waals surface area contributed by atoms with E-state index in [1.807, 2.05) is 0 Å². The highest BCUT2D eigenvalue weighted by Crippen LogP contribution is 2.37. The molecule has 1 nitrogen and oxygen atoms in total. The average Bonchev–Trinajstić information content (AvgIpc) is 2.52. The second-order valence-corrected chi connectivity index (χ2v) is 4.67. The minimum Gasteiger partial charge on any atom is -0.385 e. The Hall–Kier alpha value is -1.03. The Morgan fingerprint density at radius 1 is 0.882 bits per heavy atom. The van der Waals surface area contributed by atoms with Crippen LogP contribution in [0, 0.1) is 17.5 Å². The first-order valence-electron chi connectivity index (χ1n) is 5.91. The molecule has 0 spiro atoms. The predicted octanol–water partition coefficient (Wildman–Crippen LogP) is 3.65. The van der Waals surface area contributed by atoms with Crippen LogP contribution in [0.25, 0.3) is 0 Å². The van der Waals surface area contributed by atoms with Crippen molar-refractivity contribution < 1.29 is 18.3 Å². The summed E-state index contributed by atoms with van der Waals surface area (Å²) < 4.78 is 39.6. The van der Waals surface area contributed by atoms with Crippen LogP contribution in [0.3, 0.4) is 0 Å². The standard InChI is InChI=1S/C13H15F3O/c14-10-6-5-9(11(15)12(10)16)13(17)7-3-1-2-4-8-13/h5-6,17H,1-4,7-8H2. The van der Waals surface area contributed by atoms with Gasteiger partial charge in [-0.1, -0.05) is 31.7 Å². The average molecular weight is 244 g/mol. The van der Waals surface area contributed by atoms with E-state index in [0.717, 1.165) is 37.8 Å². The van der Waals surface area contributed by atoms with Crippen molar-refractivity contribution in [3.05, 3.63) is 35.1 Å². The van der Waals surface area contributed by atoms with Gasteiger partial charge in [-0.25, -0.2) is 13.2 Å². The Kier molecular flexibility index (Phi) is 3.43. The summed E-state index contributed by atoms with van der Waals surface area (Å²) >= 11 is 0. The van der Waals surface area contributed by atoms with E-state index in [2.05, 4.69) is 0 Å². The molecule has 2 rings (SSSR count). The monoisotopic (exact) mass is 244 g/mol. The first-order chi connectivity index (χ1) is 8.04. The van der Waals surface area contributed by atoms with Crippen LogP contribution in [-0.4, -0.2) is 5.11 Å². The molecular formula is C13H15F3O. The highest BCUT2D eigenvalue weighted by Gasteiger charge is 2.34. The maximum absolute atomic E-state index is 13.6. The van der Waals surface area contributed by atoms with Crippen LogP contribution in [0.2, 0.25) is 0 Å². The summed E-state index contributed by atoms with van der Waals surface area (Å²) in [6, 6.07) is 2.02. The summed E-state index contributed by atoms with van der Waals surface area (Å²) in [7, 11) is 0. The zero-order valence-electron chi connectivity index (χ0n) is 9.48. The van der Waals surface area contributed by atoms with Gasteiger partial charge in [0.05, 0.1) is 5.60 Å². The van der Waals surface area contributed by atoms with Crippen LogP contribution in [0.4, 0.5) is 13.2 Å². The molecule has 0 unspecified atom stereocenters. The molecule has 0 atom stereocenters. The Bertz CT molecular complexity index is 409. The number of hydrogen-bond donors (Lipinski definition) is 1. The summed E-state index contributed by atoms with van der Waals surface area (Å²) in [4.78, 5) is 0. The summed E-state index contributed by atoms with van der Waals surface area (Å²) in [6.07, 6.45) is 4.30. The van der Waals surface area contributed by atoms with Crippen molar-refractivity contribution >= 4 is 0 Å². The molecule has 17 heavy (non-hydrogen) atoms. The van der Waals surface area contributed by atoms with Gasteiger partial charge in [0.15, 0.2) is 17.5 Å². The van der Waals surface area contributed by atoms with Gasteiger partial charge in [0.2, 0.25) is 0 Å². The second kappa shape index (κ2) is 4.69. The zero-order chi connectivity index (χ0) is 12.5. The van der Waals surface area contributed by atoms with E-state index in [9.17, 15) is 18.3 Å². The lowest BCUT2D eigenvalue weighted by molar-refractivity contribution is 0.0165. The topological polar surface area (TPSA) is 20.2 Å². The molecule has 1 aliphatic carbocycles. The van der Waals surface area contributed by atoms with E-state index in [1.165, 1.54) is 0 Å². The Labute approximate surface area is 98.3 Å². The number of rotatable bonds is 1. The van der Waals surface area contributed by atoms with Crippen LogP contribution in [0.1, 0.15) is 44.1 Å². The molecule has 0 aliphatic heterocycles. The van der Waals surface area contributed by atoms with Gasteiger partial charge in [0.25, 0.3) is 0 Å². The van der Waals surface area contributed by atoms with Gasteiger partial charge in [0, 0.05) is 5.56 Å². The van der Waals surface area contributed by atoms with Crippen molar-refractivity contribution in [2.45, 2.75) is 44.1 Å². The van der Waals surface area contributed by atoms with Crippen molar-refractivity contribution in [1.29, 1.82) is 0 Å². The molecule has 1 aromatic carbocycles. The zero-order valence-corrected chi connectivity index (χ0v) is 9.48. The number of halogens is 3. The van der Waals surface area contributed by atoms with Crippen molar-refractivity contribution in [3.8, 4) is 0 Å². The molecule has 0 radical (unpaired) electrons. The summed E-state index contributed by atoms with van der Waals surface area (Å²) in [5.74, 6) is -3.97. The number of benzene rings is 1. The highest BCUT2D eigenvalue weighted by molar-refractivity contribution is 5.26. The van der Waals surface area contributed by atoms with E-state index in [0.29, 0.717) is 12.8 Å². The minimum absolute atomic E-state index is 0.113. The molecule has 94 valence electrons. The van der Waals surface area contributed by atoms with Gasteiger partial charge in [-0.3, -0.25) is 0 Å². The van der Waals surface area contributed by atoms with Crippen LogP contribution >= 0.6 is 0 Å². The molecule has 0 saturated heterocycles. The van der Waals surface area contributed by atoms with E-state index >= 15 is 0 Å². The highest BCUT2D eigenvalue weighted by atomic mass is 19.2. The molecule has 0 aromatic heterocycles. The van der Waals surface area contributed by atoms with E-state index in [1.54, 1.807) is 0 Å².